The van der Waals surface area contributed by atoms with Crippen molar-refractivity contribution in [3.05, 3.63) is 42.1 Å². The van der Waals surface area contributed by atoms with Gasteiger partial charge in [0, 0.05) is 18.7 Å². The van der Waals surface area contributed by atoms with Gasteiger partial charge in [0.1, 0.15) is 0 Å². The van der Waals surface area contributed by atoms with E-state index in [1.807, 2.05) is 44.2 Å². The van der Waals surface area contributed by atoms with Gasteiger partial charge in [-0.1, -0.05) is 30.3 Å². The lowest BCUT2D eigenvalue weighted by Gasteiger charge is -2.18. The highest BCUT2D eigenvalue weighted by molar-refractivity contribution is 5.99. The number of carbonyl (C=O) groups is 1. The lowest BCUT2D eigenvalue weighted by atomic mass is 10.1. The van der Waals surface area contributed by atoms with Crippen molar-refractivity contribution in [1.82, 2.24) is 15.1 Å². The quantitative estimate of drug-likeness (QED) is 0.897. The fourth-order valence-corrected chi connectivity index (χ4v) is 1.95. The summed E-state index contributed by atoms with van der Waals surface area (Å²) in [6, 6.07) is 9.77. The normalized spacial score (nSPS) is 10.3. The van der Waals surface area contributed by atoms with Crippen molar-refractivity contribution in [3.8, 4) is 11.3 Å². The maximum absolute atomic E-state index is 12.3. The number of aromatic nitrogens is 2. The van der Waals surface area contributed by atoms with Crippen LogP contribution in [0.3, 0.4) is 0 Å². The second kappa shape index (κ2) is 5.49. The van der Waals surface area contributed by atoms with Crippen LogP contribution < -0.4 is 0 Å². The number of aromatic amines is 1. The number of hydrogen-bond acceptors (Lipinski definition) is 2. The Bertz CT molecular complexity index is 515. The molecule has 4 nitrogen and oxygen atoms in total. The number of amides is 1. The molecule has 1 aromatic carbocycles. The molecule has 0 bridgehead atoms. The van der Waals surface area contributed by atoms with Gasteiger partial charge in [0.2, 0.25) is 0 Å². The van der Waals surface area contributed by atoms with Crippen molar-refractivity contribution in [2.75, 3.05) is 13.1 Å². The first-order valence-corrected chi connectivity index (χ1v) is 6.16. The largest absolute Gasteiger partial charge is 0.339 e. The maximum Gasteiger partial charge on any atom is 0.257 e. The van der Waals surface area contributed by atoms with Crippen LogP contribution in [0.2, 0.25) is 0 Å². The van der Waals surface area contributed by atoms with Gasteiger partial charge in [-0.25, -0.2) is 0 Å². The predicted molar refractivity (Wildman–Crippen MR) is 71.3 cm³/mol. The number of carbonyl (C=O) groups excluding carboxylic acids is 1. The predicted octanol–water partition coefficient (Wildman–Crippen LogP) is 2.56. The number of benzene rings is 1. The van der Waals surface area contributed by atoms with E-state index in [0.29, 0.717) is 18.7 Å². The van der Waals surface area contributed by atoms with Crippen LogP contribution in [0.5, 0.6) is 0 Å². The molecule has 2 aromatic rings. The van der Waals surface area contributed by atoms with Gasteiger partial charge in [-0.3, -0.25) is 9.89 Å². The van der Waals surface area contributed by atoms with E-state index in [1.54, 1.807) is 11.1 Å². The summed E-state index contributed by atoms with van der Waals surface area (Å²) in [6.45, 7) is 5.36. The summed E-state index contributed by atoms with van der Waals surface area (Å²) < 4.78 is 0. The third kappa shape index (κ3) is 2.27. The summed E-state index contributed by atoms with van der Waals surface area (Å²) in [5, 5.41) is 6.91. The SMILES string of the molecule is CCN(CC)C(=O)c1cn[nH]c1-c1ccccc1. The molecule has 0 saturated carbocycles. The molecule has 0 aliphatic rings. The fraction of sp³-hybridized carbons (Fsp3) is 0.286. The van der Waals surface area contributed by atoms with E-state index >= 15 is 0 Å². The summed E-state index contributed by atoms with van der Waals surface area (Å²) in [6.07, 6.45) is 1.60. The van der Waals surface area contributed by atoms with Gasteiger partial charge in [0.25, 0.3) is 5.91 Å². The van der Waals surface area contributed by atoms with Crippen LogP contribution in [0, 0.1) is 0 Å². The number of nitrogens with zero attached hydrogens (tertiary/aromatic N) is 2. The molecule has 0 radical (unpaired) electrons. The van der Waals surface area contributed by atoms with Crippen LogP contribution >= 0.6 is 0 Å². The van der Waals surface area contributed by atoms with Gasteiger partial charge >= 0.3 is 0 Å². The molecule has 4 heteroatoms. The van der Waals surface area contributed by atoms with E-state index in [2.05, 4.69) is 10.2 Å². The summed E-state index contributed by atoms with van der Waals surface area (Å²) >= 11 is 0. The Morgan fingerprint density at radius 3 is 2.50 bits per heavy atom. The molecule has 0 spiro atoms. The highest BCUT2D eigenvalue weighted by Crippen LogP contribution is 2.21. The van der Waals surface area contributed by atoms with Gasteiger partial charge in [-0.15, -0.1) is 0 Å². The zero-order chi connectivity index (χ0) is 13.0. The van der Waals surface area contributed by atoms with Crippen molar-refractivity contribution in [3.63, 3.8) is 0 Å². The minimum atomic E-state index is 0.0209. The number of nitrogens with one attached hydrogen (secondary N) is 1. The molecular weight excluding hydrogens is 226 g/mol. The molecular formula is C14H17N3O. The van der Waals surface area contributed by atoms with E-state index in [9.17, 15) is 4.79 Å². The first-order valence-electron chi connectivity index (χ1n) is 6.16. The molecule has 0 aliphatic carbocycles. The molecule has 1 aromatic heterocycles. The van der Waals surface area contributed by atoms with Gasteiger partial charge < -0.3 is 4.90 Å². The number of hydrogen-bond donors (Lipinski definition) is 1. The van der Waals surface area contributed by atoms with Crippen molar-refractivity contribution in [2.24, 2.45) is 0 Å². The summed E-state index contributed by atoms with van der Waals surface area (Å²) in [7, 11) is 0. The van der Waals surface area contributed by atoms with Crippen LogP contribution in [0.1, 0.15) is 24.2 Å². The number of rotatable bonds is 4. The minimum absolute atomic E-state index is 0.0209. The summed E-state index contributed by atoms with van der Waals surface area (Å²) in [4.78, 5) is 14.1. The zero-order valence-corrected chi connectivity index (χ0v) is 10.7. The second-order valence-corrected chi connectivity index (χ2v) is 4.00. The lowest BCUT2D eigenvalue weighted by molar-refractivity contribution is 0.0774. The van der Waals surface area contributed by atoms with E-state index in [4.69, 9.17) is 0 Å². The van der Waals surface area contributed by atoms with Gasteiger partial charge in [-0.05, 0) is 13.8 Å². The van der Waals surface area contributed by atoms with Crippen molar-refractivity contribution >= 4 is 5.91 Å². The zero-order valence-electron chi connectivity index (χ0n) is 10.7. The third-order valence-corrected chi connectivity index (χ3v) is 2.98. The Hall–Kier alpha value is -2.10. The van der Waals surface area contributed by atoms with Crippen LogP contribution in [-0.4, -0.2) is 34.1 Å². The topological polar surface area (TPSA) is 49.0 Å². The summed E-state index contributed by atoms with van der Waals surface area (Å²) in [5.74, 6) is 0.0209. The van der Waals surface area contributed by atoms with Crippen LogP contribution in [0.15, 0.2) is 36.5 Å². The highest BCUT2D eigenvalue weighted by Gasteiger charge is 2.18. The Kier molecular flexibility index (Phi) is 3.77. The molecule has 1 amide bonds. The monoisotopic (exact) mass is 243 g/mol. The van der Waals surface area contributed by atoms with E-state index in [0.717, 1.165) is 11.3 Å². The molecule has 1 heterocycles. The maximum atomic E-state index is 12.3. The Morgan fingerprint density at radius 2 is 1.89 bits per heavy atom. The number of H-pyrrole nitrogens is 1. The van der Waals surface area contributed by atoms with E-state index in [1.165, 1.54) is 0 Å². The van der Waals surface area contributed by atoms with Crippen molar-refractivity contribution in [2.45, 2.75) is 13.8 Å². The summed E-state index contributed by atoms with van der Waals surface area (Å²) in [5.41, 5.74) is 2.39. The average Bonchev–Trinajstić information content (AvgIpc) is 2.90. The molecule has 0 fully saturated rings. The van der Waals surface area contributed by atoms with Crippen LogP contribution in [0.25, 0.3) is 11.3 Å². The third-order valence-electron chi connectivity index (χ3n) is 2.98. The molecule has 0 aliphatic heterocycles. The Labute approximate surface area is 107 Å². The average molecular weight is 243 g/mol. The highest BCUT2D eigenvalue weighted by atomic mass is 16.2. The van der Waals surface area contributed by atoms with Gasteiger partial charge in [-0.2, -0.15) is 5.10 Å². The second-order valence-electron chi connectivity index (χ2n) is 4.00. The Morgan fingerprint density at radius 1 is 1.22 bits per heavy atom. The van der Waals surface area contributed by atoms with Gasteiger partial charge in [0.15, 0.2) is 0 Å². The fourth-order valence-electron chi connectivity index (χ4n) is 1.95. The molecule has 94 valence electrons. The lowest BCUT2D eigenvalue weighted by Crippen LogP contribution is -2.30. The molecule has 0 atom stereocenters. The first-order chi connectivity index (χ1) is 8.77. The van der Waals surface area contributed by atoms with Crippen LogP contribution in [0.4, 0.5) is 0 Å². The minimum Gasteiger partial charge on any atom is -0.339 e. The van der Waals surface area contributed by atoms with Crippen LogP contribution in [-0.2, 0) is 0 Å². The van der Waals surface area contributed by atoms with Gasteiger partial charge in [0.05, 0.1) is 17.5 Å². The van der Waals surface area contributed by atoms with Crippen molar-refractivity contribution < 1.29 is 4.79 Å². The molecule has 0 unspecified atom stereocenters. The van der Waals surface area contributed by atoms with E-state index in [-0.39, 0.29) is 5.91 Å². The molecule has 18 heavy (non-hydrogen) atoms. The smallest absolute Gasteiger partial charge is 0.257 e. The standard InChI is InChI=1S/C14H17N3O/c1-3-17(4-2)14(18)12-10-15-16-13(12)11-8-6-5-7-9-11/h5-10H,3-4H2,1-2H3,(H,15,16). The first kappa shape index (κ1) is 12.4. The molecule has 2 rings (SSSR count). The molecule has 0 saturated heterocycles. The van der Waals surface area contributed by atoms with Crippen molar-refractivity contribution in [1.29, 1.82) is 0 Å². The molecule has 1 N–H and O–H groups in total. The Balaban J connectivity index is 2.37. The van der Waals surface area contributed by atoms with E-state index < -0.39 is 0 Å².